The van der Waals surface area contributed by atoms with Crippen molar-refractivity contribution in [1.82, 2.24) is 4.72 Å². The van der Waals surface area contributed by atoms with E-state index in [-0.39, 0.29) is 29.3 Å². The molecule has 8 heteroatoms. The summed E-state index contributed by atoms with van der Waals surface area (Å²) in [6.07, 6.45) is 1.93. The summed E-state index contributed by atoms with van der Waals surface area (Å²) in [5.74, 6) is -0.761. The highest BCUT2D eigenvalue weighted by molar-refractivity contribution is 7.89. The van der Waals surface area contributed by atoms with Crippen molar-refractivity contribution in [2.75, 3.05) is 26.0 Å². The van der Waals surface area contributed by atoms with E-state index in [1.807, 2.05) is 0 Å². The number of ether oxygens (including phenoxy) is 1. The van der Waals surface area contributed by atoms with E-state index >= 15 is 0 Å². The van der Waals surface area contributed by atoms with E-state index in [2.05, 4.69) is 9.46 Å². The van der Waals surface area contributed by atoms with Crippen molar-refractivity contribution in [3.63, 3.8) is 0 Å². The summed E-state index contributed by atoms with van der Waals surface area (Å²) in [5.41, 5.74) is 5.75. The number of unbranched alkanes of at least 4 members (excludes halogenated alkanes) is 2. The molecule has 7 nitrogen and oxygen atoms in total. The molecule has 1 rings (SSSR count). The average Bonchev–Trinajstić information content (AvgIpc) is 2.45. The Bertz CT molecular complexity index is 586. The molecule has 0 atom stereocenters. The van der Waals surface area contributed by atoms with Gasteiger partial charge in [0.1, 0.15) is 0 Å². The van der Waals surface area contributed by atoms with Gasteiger partial charge in [-0.3, -0.25) is 0 Å². The van der Waals surface area contributed by atoms with E-state index in [1.165, 1.54) is 25.3 Å². The third kappa shape index (κ3) is 5.00. The van der Waals surface area contributed by atoms with Gasteiger partial charge in [0, 0.05) is 18.8 Å². The van der Waals surface area contributed by atoms with E-state index in [9.17, 15) is 13.2 Å². The second kappa shape index (κ2) is 7.96. The molecular formula is C13H20N2O5S. The summed E-state index contributed by atoms with van der Waals surface area (Å²) in [4.78, 5) is 11.5. The van der Waals surface area contributed by atoms with Gasteiger partial charge in [0.15, 0.2) is 0 Å². The molecule has 0 heterocycles. The number of anilines is 1. The van der Waals surface area contributed by atoms with Gasteiger partial charge >= 0.3 is 5.97 Å². The molecule has 1 aromatic rings. The Morgan fingerprint density at radius 3 is 2.67 bits per heavy atom. The summed E-state index contributed by atoms with van der Waals surface area (Å²) in [5, 5.41) is 8.65. The Labute approximate surface area is 124 Å². The van der Waals surface area contributed by atoms with Crippen molar-refractivity contribution in [2.24, 2.45) is 0 Å². The molecule has 21 heavy (non-hydrogen) atoms. The summed E-state index contributed by atoms with van der Waals surface area (Å²) in [6, 6.07) is 3.95. The lowest BCUT2D eigenvalue weighted by Gasteiger charge is -2.11. The Morgan fingerprint density at radius 1 is 1.33 bits per heavy atom. The number of hydrogen-bond donors (Lipinski definition) is 3. The molecule has 4 N–H and O–H groups in total. The Balaban J connectivity index is 2.90. The molecule has 0 fully saturated rings. The molecule has 0 aliphatic heterocycles. The third-order valence-electron chi connectivity index (χ3n) is 2.83. The molecule has 0 unspecified atom stereocenters. The van der Waals surface area contributed by atoms with E-state index in [0.29, 0.717) is 19.3 Å². The van der Waals surface area contributed by atoms with Crippen molar-refractivity contribution >= 4 is 21.7 Å². The second-order valence-corrected chi connectivity index (χ2v) is 6.16. The van der Waals surface area contributed by atoms with Crippen LogP contribution in [0.4, 0.5) is 5.69 Å². The number of carbonyl (C=O) groups excluding carboxylic acids is 1. The SMILES string of the molecule is COC(=O)c1cc(N)ccc1S(=O)(=O)NCCCCCO. The van der Waals surface area contributed by atoms with E-state index < -0.39 is 16.0 Å². The number of carbonyl (C=O) groups is 1. The Kier molecular flexibility index (Phi) is 6.60. The van der Waals surface area contributed by atoms with Gasteiger partial charge < -0.3 is 15.6 Å². The monoisotopic (exact) mass is 316 g/mol. The average molecular weight is 316 g/mol. The number of aliphatic hydroxyl groups is 1. The first kappa shape index (κ1) is 17.4. The smallest absolute Gasteiger partial charge is 0.339 e. The largest absolute Gasteiger partial charge is 0.465 e. The molecule has 0 spiro atoms. The van der Waals surface area contributed by atoms with Crippen LogP contribution in [0, 0.1) is 0 Å². The highest BCUT2D eigenvalue weighted by atomic mass is 32.2. The number of esters is 1. The maximum atomic E-state index is 12.2. The minimum absolute atomic E-state index is 0.0806. The van der Waals surface area contributed by atoms with Crippen LogP contribution in [0.2, 0.25) is 0 Å². The predicted octanol–water partition coefficient (Wildman–Crippen LogP) is 0.496. The Hall–Kier alpha value is -1.64. The van der Waals surface area contributed by atoms with Crippen LogP contribution < -0.4 is 10.5 Å². The fraction of sp³-hybridized carbons (Fsp3) is 0.462. The van der Waals surface area contributed by atoms with Gasteiger partial charge in [-0.15, -0.1) is 0 Å². The fourth-order valence-electron chi connectivity index (χ4n) is 1.75. The summed E-state index contributed by atoms with van der Waals surface area (Å²) >= 11 is 0. The number of nitrogens with one attached hydrogen (secondary N) is 1. The van der Waals surface area contributed by atoms with Gasteiger partial charge in [0.05, 0.1) is 17.6 Å². The molecule has 0 saturated heterocycles. The van der Waals surface area contributed by atoms with Crippen LogP contribution in [-0.2, 0) is 14.8 Å². The number of nitrogens with two attached hydrogens (primary N) is 1. The molecular weight excluding hydrogens is 296 g/mol. The Morgan fingerprint density at radius 2 is 2.05 bits per heavy atom. The first-order chi connectivity index (χ1) is 9.92. The number of benzene rings is 1. The number of sulfonamides is 1. The summed E-state index contributed by atoms with van der Waals surface area (Å²) < 4.78 is 31.4. The number of rotatable bonds is 8. The first-order valence-corrected chi connectivity index (χ1v) is 7.99. The summed E-state index contributed by atoms with van der Waals surface area (Å²) in [6.45, 7) is 0.310. The fourth-order valence-corrected chi connectivity index (χ4v) is 3.00. The molecule has 0 aliphatic carbocycles. The summed E-state index contributed by atoms with van der Waals surface area (Å²) in [7, 11) is -2.65. The molecule has 1 aromatic carbocycles. The zero-order valence-corrected chi connectivity index (χ0v) is 12.6. The van der Waals surface area contributed by atoms with Crippen LogP contribution in [0.5, 0.6) is 0 Å². The minimum Gasteiger partial charge on any atom is -0.465 e. The lowest BCUT2D eigenvalue weighted by Crippen LogP contribution is -2.26. The van der Waals surface area contributed by atoms with Gasteiger partial charge in [0.2, 0.25) is 10.0 Å². The molecule has 0 saturated carbocycles. The molecule has 0 bridgehead atoms. The lowest BCUT2D eigenvalue weighted by atomic mass is 10.2. The molecule has 0 aromatic heterocycles. The standard InChI is InChI=1S/C13H20N2O5S/c1-20-13(17)11-9-10(14)5-6-12(11)21(18,19)15-7-3-2-4-8-16/h5-6,9,15-16H,2-4,7-8,14H2,1H3. The van der Waals surface area contributed by atoms with E-state index in [1.54, 1.807) is 0 Å². The second-order valence-electron chi connectivity index (χ2n) is 4.43. The minimum atomic E-state index is -3.82. The topological polar surface area (TPSA) is 119 Å². The molecule has 0 radical (unpaired) electrons. The van der Waals surface area contributed by atoms with Crippen LogP contribution >= 0.6 is 0 Å². The van der Waals surface area contributed by atoms with Gasteiger partial charge in [-0.2, -0.15) is 0 Å². The molecule has 0 aliphatic rings. The van der Waals surface area contributed by atoms with Gasteiger partial charge in [-0.05, 0) is 37.5 Å². The van der Waals surface area contributed by atoms with Crippen LogP contribution in [0.3, 0.4) is 0 Å². The van der Waals surface area contributed by atoms with Crippen LogP contribution in [-0.4, -0.2) is 39.8 Å². The highest BCUT2D eigenvalue weighted by Crippen LogP contribution is 2.19. The predicted molar refractivity (Wildman–Crippen MR) is 78.3 cm³/mol. The first-order valence-electron chi connectivity index (χ1n) is 6.50. The van der Waals surface area contributed by atoms with E-state index in [4.69, 9.17) is 10.8 Å². The van der Waals surface area contributed by atoms with Crippen LogP contribution in [0.15, 0.2) is 23.1 Å². The number of hydrogen-bond acceptors (Lipinski definition) is 6. The normalized spacial score (nSPS) is 11.3. The molecule has 0 amide bonds. The zero-order chi connectivity index (χ0) is 15.9. The zero-order valence-electron chi connectivity index (χ0n) is 11.8. The maximum Gasteiger partial charge on any atom is 0.339 e. The van der Waals surface area contributed by atoms with Crippen molar-refractivity contribution in [2.45, 2.75) is 24.2 Å². The van der Waals surface area contributed by atoms with Crippen molar-refractivity contribution in [1.29, 1.82) is 0 Å². The van der Waals surface area contributed by atoms with Crippen LogP contribution in [0.25, 0.3) is 0 Å². The maximum absolute atomic E-state index is 12.2. The van der Waals surface area contributed by atoms with Crippen LogP contribution in [0.1, 0.15) is 29.6 Å². The van der Waals surface area contributed by atoms with Gasteiger partial charge in [-0.1, -0.05) is 0 Å². The van der Waals surface area contributed by atoms with Crippen molar-refractivity contribution < 1.29 is 23.1 Å². The van der Waals surface area contributed by atoms with Crippen molar-refractivity contribution in [3.05, 3.63) is 23.8 Å². The van der Waals surface area contributed by atoms with Crippen molar-refractivity contribution in [3.8, 4) is 0 Å². The molecule has 118 valence electrons. The number of aliphatic hydroxyl groups excluding tert-OH is 1. The highest BCUT2D eigenvalue weighted by Gasteiger charge is 2.22. The third-order valence-corrected chi connectivity index (χ3v) is 4.34. The quantitative estimate of drug-likeness (QED) is 0.365. The number of methoxy groups -OCH3 is 1. The van der Waals surface area contributed by atoms with Gasteiger partial charge in [0.25, 0.3) is 0 Å². The van der Waals surface area contributed by atoms with E-state index in [0.717, 1.165) is 0 Å². The van der Waals surface area contributed by atoms with Gasteiger partial charge in [-0.25, -0.2) is 17.9 Å². The number of nitrogen functional groups attached to an aromatic ring is 1. The lowest BCUT2D eigenvalue weighted by molar-refractivity contribution is 0.0596.